The highest BCUT2D eigenvalue weighted by molar-refractivity contribution is 7.92. The molecule has 0 saturated carbocycles. The molecule has 2 N–H and O–H groups in total. The quantitative estimate of drug-likeness (QED) is 0.877. The van der Waals surface area contributed by atoms with Crippen molar-refractivity contribution in [3.05, 3.63) is 47.5 Å². The maximum absolute atomic E-state index is 12.7. The smallest absolute Gasteiger partial charge is 0.262 e. The normalized spacial score (nSPS) is 16.6. The predicted molar refractivity (Wildman–Crippen MR) is 97.9 cm³/mol. The number of sulfonamides is 1. The van der Waals surface area contributed by atoms with Crippen molar-refractivity contribution >= 4 is 21.4 Å². The van der Waals surface area contributed by atoms with Gasteiger partial charge in [0.15, 0.2) is 0 Å². The van der Waals surface area contributed by atoms with Crippen molar-refractivity contribution in [3.8, 4) is 5.75 Å². The van der Waals surface area contributed by atoms with Crippen molar-refractivity contribution in [2.75, 3.05) is 36.4 Å². The van der Waals surface area contributed by atoms with Crippen LogP contribution in [0, 0.1) is 0 Å². The van der Waals surface area contributed by atoms with Crippen LogP contribution in [0.5, 0.6) is 5.75 Å². The van der Waals surface area contributed by atoms with Gasteiger partial charge in [-0.1, -0.05) is 6.07 Å². The number of nitrogens with one attached hydrogen (secondary N) is 2. The zero-order valence-electron chi connectivity index (χ0n) is 14.1. The maximum Gasteiger partial charge on any atom is 0.262 e. The Bertz CT molecular complexity index is 912. The summed E-state index contributed by atoms with van der Waals surface area (Å²) in [5, 5.41) is 3.30. The monoisotopic (exact) mass is 359 g/mol. The van der Waals surface area contributed by atoms with E-state index in [9.17, 15) is 8.42 Å². The van der Waals surface area contributed by atoms with Gasteiger partial charge in [-0.15, -0.1) is 0 Å². The molecule has 0 aliphatic carbocycles. The van der Waals surface area contributed by atoms with Crippen LogP contribution in [-0.2, 0) is 23.0 Å². The maximum atomic E-state index is 12.7. The van der Waals surface area contributed by atoms with Crippen LogP contribution in [0.4, 0.5) is 11.4 Å². The topological polar surface area (TPSA) is 70.7 Å². The third-order valence-corrected chi connectivity index (χ3v) is 6.06. The average molecular weight is 359 g/mol. The molecule has 0 aromatic heterocycles. The molecule has 4 rings (SSSR count). The highest BCUT2D eigenvalue weighted by Crippen LogP contribution is 2.33. The molecule has 0 atom stereocenters. The molecule has 0 saturated heterocycles. The largest absolute Gasteiger partial charge is 0.490 e. The van der Waals surface area contributed by atoms with Gasteiger partial charge in [0.1, 0.15) is 12.4 Å². The number of likely N-dealkylation sites (N-methyl/N-ethyl adjacent to an activating group) is 1. The summed E-state index contributed by atoms with van der Waals surface area (Å²) in [4.78, 5) is 2.26. The minimum atomic E-state index is -3.66. The van der Waals surface area contributed by atoms with Crippen LogP contribution in [-0.4, -0.2) is 35.2 Å². The van der Waals surface area contributed by atoms with Crippen molar-refractivity contribution in [3.63, 3.8) is 0 Å². The summed E-state index contributed by atoms with van der Waals surface area (Å²) in [6.45, 7) is 3.07. The second-order valence-electron chi connectivity index (χ2n) is 6.42. The van der Waals surface area contributed by atoms with E-state index in [2.05, 4.69) is 14.9 Å². The van der Waals surface area contributed by atoms with Gasteiger partial charge in [-0.3, -0.25) is 4.72 Å². The molecule has 0 amide bonds. The van der Waals surface area contributed by atoms with Gasteiger partial charge in [0.05, 0.1) is 17.1 Å². The second kappa shape index (κ2) is 6.24. The van der Waals surface area contributed by atoms with Crippen molar-refractivity contribution in [2.45, 2.75) is 17.9 Å². The molecule has 132 valence electrons. The SMILES string of the molecule is CN1CCOc2cc(S(=O)(=O)Nc3ccc4c(c3)CNCC4)ccc21. The minimum Gasteiger partial charge on any atom is -0.490 e. The standard InChI is InChI=1S/C18H21N3O3S/c1-21-8-9-24-18-11-16(4-5-17(18)21)25(22,23)20-15-3-2-13-6-7-19-12-14(13)10-15/h2-5,10-11,19-20H,6-9,12H2,1H3. The molecular weight excluding hydrogens is 338 g/mol. The zero-order chi connectivity index (χ0) is 17.4. The first-order valence-corrected chi connectivity index (χ1v) is 9.84. The van der Waals surface area contributed by atoms with E-state index >= 15 is 0 Å². The van der Waals surface area contributed by atoms with E-state index in [0.717, 1.165) is 37.3 Å². The van der Waals surface area contributed by atoms with E-state index in [1.54, 1.807) is 18.2 Å². The first kappa shape index (κ1) is 16.2. The van der Waals surface area contributed by atoms with Crippen molar-refractivity contribution < 1.29 is 13.2 Å². The van der Waals surface area contributed by atoms with E-state index in [0.29, 0.717) is 18.0 Å². The number of ether oxygens (including phenoxy) is 1. The van der Waals surface area contributed by atoms with E-state index < -0.39 is 10.0 Å². The highest BCUT2D eigenvalue weighted by atomic mass is 32.2. The summed E-state index contributed by atoms with van der Waals surface area (Å²) in [5.74, 6) is 0.603. The molecule has 6 nitrogen and oxygen atoms in total. The molecule has 0 spiro atoms. The van der Waals surface area contributed by atoms with Crippen LogP contribution >= 0.6 is 0 Å². The minimum absolute atomic E-state index is 0.206. The van der Waals surface area contributed by atoms with Crippen LogP contribution in [0.1, 0.15) is 11.1 Å². The molecule has 0 bridgehead atoms. The summed E-state index contributed by atoms with van der Waals surface area (Å²) in [6.07, 6.45) is 0.970. The number of rotatable bonds is 3. The third-order valence-electron chi connectivity index (χ3n) is 4.68. The van der Waals surface area contributed by atoms with Gasteiger partial charge in [-0.05, 0) is 48.4 Å². The molecular formula is C18H21N3O3S. The third kappa shape index (κ3) is 3.17. The number of nitrogens with zero attached hydrogens (tertiary/aromatic N) is 1. The predicted octanol–water partition coefficient (Wildman–Crippen LogP) is 1.96. The number of hydrogen-bond donors (Lipinski definition) is 2. The van der Waals surface area contributed by atoms with Crippen LogP contribution in [0.2, 0.25) is 0 Å². The molecule has 2 aliphatic rings. The molecule has 2 aliphatic heterocycles. The fourth-order valence-electron chi connectivity index (χ4n) is 3.26. The van der Waals surface area contributed by atoms with E-state index in [1.807, 2.05) is 25.2 Å². The van der Waals surface area contributed by atoms with Gasteiger partial charge >= 0.3 is 0 Å². The molecule has 25 heavy (non-hydrogen) atoms. The van der Waals surface area contributed by atoms with Crippen LogP contribution in [0.3, 0.4) is 0 Å². The molecule has 2 aromatic carbocycles. The van der Waals surface area contributed by atoms with E-state index in [-0.39, 0.29) is 4.90 Å². The Morgan fingerprint density at radius 3 is 2.92 bits per heavy atom. The lowest BCUT2D eigenvalue weighted by atomic mass is 10.0. The van der Waals surface area contributed by atoms with Gasteiger partial charge in [-0.2, -0.15) is 0 Å². The van der Waals surface area contributed by atoms with Gasteiger partial charge < -0.3 is 15.0 Å². The number of fused-ring (bicyclic) bond motifs is 2. The van der Waals surface area contributed by atoms with Gasteiger partial charge in [0.2, 0.25) is 0 Å². The summed E-state index contributed by atoms with van der Waals surface area (Å²) in [7, 11) is -1.69. The highest BCUT2D eigenvalue weighted by Gasteiger charge is 2.21. The zero-order valence-corrected chi connectivity index (χ0v) is 14.9. The van der Waals surface area contributed by atoms with Crippen LogP contribution in [0.15, 0.2) is 41.3 Å². The molecule has 7 heteroatoms. The average Bonchev–Trinajstić information content (AvgIpc) is 2.61. The molecule has 2 aromatic rings. The van der Waals surface area contributed by atoms with E-state index in [4.69, 9.17) is 4.74 Å². The van der Waals surface area contributed by atoms with Crippen LogP contribution < -0.4 is 19.7 Å². The Morgan fingerprint density at radius 1 is 1.16 bits per heavy atom. The number of hydrogen-bond acceptors (Lipinski definition) is 5. The van der Waals surface area contributed by atoms with E-state index in [1.165, 1.54) is 5.56 Å². The Labute approximate surface area is 147 Å². The lowest BCUT2D eigenvalue weighted by molar-refractivity contribution is 0.310. The Hall–Kier alpha value is -2.25. The van der Waals surface area contributed by atoms with Gasteiger partial charge in [0, 0.05) is 25.3 Å². The Balaban J connectivity index is 1.62. The first-order valence-electron chi connectivity index (χ1n) is 8.36. The Morgan fingerprint density at radius 2 is 2.04 bits per heavy atom. The number of anilines is 2. The summed E-state index contributed by atoms with van der Waals surface area (Å²) in [6, 6.07) is 10.7. The van der Waals surface area contributed by atoms with Gasteiger partial charge in [-0.25, -0.2) is 8.42 Å². The molecule has 2 heterocycles. The fourth-order valence-corrected chi connectivity index (χ4v) is 4.33. The Kier molecular flexibility index (Phi) is 4.05. The fraction of sp³-hybridized carbons (Fsp3) is 0.333. The summed E-state index contributed by atoms with van der Waals surface area (Å²) >= 11 is 0. The molecule has 0 radical (unpaired) electrons. The number of benzene rings is 2. The summed E-state index contributed by atoms with van der Waals surface area (Å²) < 4.78 is 33.8. The first-order chi connectivity index (χ1) is 12.0. The molecule has 0 fully saturated rings. The van der Waals surface area contributed by atoms with Gasteiger partial charge in [0.25, 0.3) is 10.0 Å². The van der Waals surface area contributed by atoms with Crippen molar-refractivity contribution in [2.24, 2.45) is 0 Å². The lowest BCUT2D eigenvalue weighted by Gasteiger charge is -2.27. The summed E-state index contributed by atoms with van der Waals surface area (Å²) in [5.41, 5.74) is 3.90. The molecule has 0 unspecified atom stereocenters. The van der Waals surface area contributed by atoms with Crippen molar-refractivity contribution in [1.29, 1.82) is 0 Å². The van der Waals surface area contributed by atoms with Crippen LogP contribution in [0.25, 0.3) is 0 Å². The second-order valence-corrected chi connectivity index (χ2v) is 8.10. The lowest BCUT2D eigenvalue weighted by Crippen LogP contribution is -2.29. The van der Waals surface area contributed by atoms with Crippen molar-refractivity contribution in [1.82, 2.24) is 5.32 Å².